The third-order valence-electron chi connectivity index (χ3n) is 2.71. The van der Waals surface area contributed by atoms with Crippen LogP contribution in [0.4, 0.5) is 5.82 Å². The summed E-state index contributed by atoms with van der Waals surface area (Å²) in [5.74, 6) is 0.760. The first-order valence-corrected chi connectivity index (χ1v) is 7.28. The Balaban J connectivity index is 0.000000388. The molecule has 7 nitrogen and oxygen atoms in total. The van der Waals surface area contributed by atoms with E-state index in [-0.39, 0.29) is 5.91 Å². The van der Waals surface area contributed by atoms with Crippen molar-refractivity contribution in [3.63, 3.8) is 0 Å². The first-order valence-electron chi connectivity index (χ1n) is 7.28. The number of hydrogen-bond donors (Lipinski definition) is 2. The number of aromatic nitrogens is 4. The molecule has 0 aliphatic carbocycles. The van der Waals surface area contributed by atoms with E-state index >= 15 is 0 Å². The molecule has 0 saturated heterocycles. The molecule has 0 aliphatic rings. The fraction of sp³-hybridized carbons (Fsp3) is 0.250. The second-order valence-corrected chi connectivity index (χ2v) is 4.41. The number of rotatable bonds is 1. The smallest absolute Gasteiger partial charge is 0.254 e. The first kappa shape index (κ1) is 18.1. The van der Waals surface area contributed by atoms with E-state index in [1.165, 1.54) is 13.3 Å². The average Bonchev–Trinajstić information content (AvgIpc) is 2.98. The predicted molar refractivity (Wildman–Crippen MR) is 91.6 cm³/mol. The van der Waals surface area contributed by atoms with E-state index in [1.54, 1.807) is 4.52 Å². The molecule has 122 valence electrons. The lowest BCUT2D eigenvalue weighted by Crippen LogP contribution is -2.05. The molecule has 0 bridgehead atoms. The molecule has 4 N–H and O–H groups in total. The van der Waals surface area contributed by atoms with Crippen LogP contribution in [0.15, 0.2) is 36.7 Å². The second kappa shape index (κ2) is 8.47. The topological polar surface area (TPSA) is 112 Å². The van der Waals surface area contributed by atoms with Crippen LogP contribution in [0.25, 0.3) is 16.9 Å². The van der Waals surface area contributed by atoms with E-state index in [9.17, 15) is 4.79 Å². The summed E-state index contributed by atoms with van der Waals surface area (Å²) >= 11 is 0. The molecular weight excluding hydrogens is 292 g/mol. The SMILES string of the molecule is CC.CC(N)=O.Cc1nc2ncnn2c(N)c1-c1ccccc1. The summed E-state index contributed by atoms with van der Waals surface area (Å²) in [5.41, 5.74) is 13.4. The number of amides is 1. The number of nitrogens with zero attached hydrogens (tertiary/aromatic N) is 4. The number of hydrogen-bond acceptors (Lipinski definition) is 5. The zero-order valence-electron chi connectivity index (χ0n) is 13.8. The Morgan fingerprint density at radius 1 is 1.17 bits per heavy atom. The minimum atomic E-state index is -0.333. The fourth-order valence-electron chi connectivity index (χ4n) is 1.94. The summed E-state index contributed by atoms with van der Waals surface area (Å²) in [4.78, 5) is 17.6. The van der Waals surface area contributed by atoms with Gasteiger partial charge >= 0.3 is 0 Å². The molecule has 0 aliphatic heterocycles. The number of benzene rings is 1. The van der Waals surface area contributed by atoms with Crippen LogP contribution in [-0.2, 0) is 4.79 Å². The largest absolute Gasteiger partial charge is 0.383 e. The molecule has 0 spiro atoms. The van der Waals surface area contributed by atoms with Crippen LogP contribution in [-0.4, -0.2) is 25.5 Å². The van der Waals surface area contributed by atoms with E-state index in [0.29, 0.717) is 11.6 Å². The van der Waals surface area contributed by atoms with Crippen molar-refractivity contribution in [2.24, 2.45) is 5.73 Å². The molecule has 0 radical (unpaired) electrons. The third kappa shape index (κ3) is 4.50. The maximum Gasteiger partial charge on any atom is 0.254 e. The fourth-order valence-corrected chi connectivity index (χ4v) is 1.94. The van der Waals surface area contributed by atoms with Crippen molar-refractivity contribution in [1.29, 1.82) is 0 Å². The number of carbonyl (C=O) groups excluding carboxylic acids is 1. The van der Waals surface area contributed by atoms with Gasteiger partial charge in [0.25, 0.3) is 5.78 Å². The molecule has 0 saturated carbocycles. The van der Waals surface area contributed by atoms with Crippen molar-refractivity contribution in [2.75, 3.05) is 5.73 Å². The summed E-state index contributed by atoms with van der Waals surface area (Å²) in [6.07, 6.45) is 1.45. The predicted octanol–water partition coefficient (Wildman–Crippen LogP) is 2.20. The molecular formula is C16H22N6O. The highest BCUT2D eigenvalue weighted by Crippen LogP contribution is 2.27. The van der Waals surface area contributed by atoms with Crippen molar-refractivity contribution in [3.05, 3.63) is 42.4 Å². The van der Waals surface area contributed by atoms with Gasteiger partial charge < -0.3 is 11.5 Å². The van der Waals surface area contributed by atoms with Crippen LogP contribution in [0.1, 0.15) is 26.5 Å². The number of primary amides is 1. The van der Waals surface area contributed by atoms with Gasteiger partial charge in [0.05, 0.1) is 5.69 Å². The Labute approximate surface area is 135 Å². The van der Waals surface area contributed by atoms with E-state index < -0.39 is 0 Å². The first-order chi connectivity index (χ1) is 11.0. The van der Waals surface area contributed by atoms with Crippen LogP contribution in [0, 0.1) is 6.92 Å². The third-order valence-corrected chi connectivity index (χ3v) is 2.71. The van der Waals surface area contributed by atoms with Crippen molar-refractivity contribution in [1.82, 2.24) is 19.6 Å². The zero-order chi connectivity index (χ0) is 17.4. The molecule has 2 heterocycles. The van der Waals surface area contributed by atoms with E-state index in [0.717, 1.165) is 16.8 Å². The number of fused-ring (bicyclic) bond motifs is 1. The molecule has 0 unspecified atom stereocenters. The van der Waals surface area contributed by atoms with Crippen LogP contribution >= 0.6 is 0 Å². The van der Waals surface area contributed by atoms with Crippen molar-refractivity contribution >= 4 is 17.5 Å². The molecule has 0 fully saturated rings. The Morgan fingerprint density at radius 3 is 2.30 bits per heavy atom. The molecule has 1 amide bonds. The zero-order valence-corrected chi connectivity index (χ0v) is 13.8. The van der Waals surface area contributed by atoms with Gasteiger partial charge in [-0.25, -0.2) is 4.98 Å². The number of carbonyl (C=O) groups is 1. The minimum absolute atomic E-state index is 0.333. The van der Waals surface area contributed by atoms with Crippen molar-refractivity contribution in [2.45, 2.75) is 27.7 Å². The van der Waals surface area contributed by atoms with Gasteiger partial charge in [-0.15, -0.1) is 0 Å². The highest BCUT2D eigenvalue weighted by atomic mass is 16.1. The quantitative estimate of drug-likeness (QED) is 0.715. The monoisotopic (exact) mass is 314 g/mol. The van der Waals surface area contributed by atoms with Gasteiger partial charge in [-0.3, -0.25) is 4.79 Å². The highest BCUT2D eigenvalue weighted by molar-refractivity contribution is 5.77. The minimum Gasteiger partial charge on any atom is -0.383 e. The maximum atomic E-state index is 9.22. The lowest BCUT2D eigenvalue weighted by molar-refractivity contribution is -0.115. The summed E-state index contributed by atoms with van der Waals surface area (Å²) in [7, 11) is 0. The Hall–Kier alpha value is -2.96. The van der Waals surface area contributed by atoms with Gasteiger partial charge in [-0.05, 0) is 12.5 Å². The lowest BCUT2D eigenvalue weighted by Gasteiger charge is -2.09. The number of nitrogen functional groups attached to an aromatic ring is 1. The maximum absolute atomic E-state index is 9.22. The van der Waals surface area contributed by atoms with Crippen LogP contribution in [0.2, 0.25) is 0 Å². The van der Waals surface area contributed by atoms with E-state index in [4.69, 9.17) is 5.73 Å². The van der Waals surface area contributed by atoms with Crippen LogP contribution in [0.3, 0.4) is 0 Å². The van der Waals surface area contributed by atoms with E-state index in [1.807, 2.05) is 51.1 Å². The number of aryl methyl sites for hydroxylation is 1. The second-order valence-electron chi connectivity index (χ2n) is 4.41. The van der Waals surface area contributed by atoms with Crippen molar-refractivity contribution in [3.8, 4) is 11.1 Å². The van der Waals surface area contributed by atoms with Gasteiger partial charge in [-0.1, -0.05) is 44.2 Å². The standard InChI is InChI=1S/C12H11N5.C2H5NO.C2H6/c1-8-10(9-5-3-2-4-6-9)11(13)17-12(16-8)14-7-15-17;1-2(3)4;1-2/h2-7H,13H2,1H3;1H3,(H2,3,4);1-2H3. The molecule has 0 atom stereocenters. The molecule has 7 heteroatoms. The summed E-state index contributed by atoms with van der Waals surface area (Å²) in [6.45, 7) is 7.23. The van der Waals surface area contributed by atoms with Crippen LogP contribution in [0.5, 0.6) is 0 Å². The lowest BCUT2D eigenvalue weighted by atomic mass is 10.1. The normalized spacial score (nSPS) is 9.39. The molecule has 23 heavy (non-hydrogen) atoms. The van der Waals surface area contributed by atoms with Gasteiger partial charge in [0.2, 0.25) is 5.91 Å². The van der Waals surface area contributed by atoms with Crippen molar-refractivity contribution < 1.29 is 4.79 Å². The molecule has 1 aromatic carbocycles. The van der Waals surface area contributed by atoms with Gasteiger partial charge in [0.15, 0.2) is 0 Å². The Morgan fingerprint density at radius 2 is 1.74 bits per heavy atom. The van der Waals surface area contributed by atoms with Gasteiger partial charge in [0.1, 0.15) is 12.1 Å². The Bertz CT molecular complexity index is 763. The molecule has 3 rings (SSSR count). The van der Waals surface area contributed by atoms with Crippen LogP contribution < -0.4 is 11.5 Å². The highest BCUT2D eigenvalue weighted by Gasteiger charge is 2.12. The molecule has 2 aromatic heterocycles. The van der Waals surface area contributed by atoms with Gasteiger partial charge in [0, 0.05) is 12.5 Å². The summed E-state index contributed by atoms with van der Waals surface area (Å²) < 4.78 is 1.55. The number of anilines is 1. The molecule has 3 aromatic rings. The van der Waals surface area contributed by atoms with Gasteiger partial charge in [-0.2, -0.15) is 14.6 Å². The average molecular weight is 314 g/mol. The Kier molecular flexibility index (Phi) is 6.67. The summed E-state index contributed by atoms with van der Waals surface area (Å²) in [6, 6.07) is 9.92. The summed E-state index contributed by atoms with van der Waals surface area (Å²) in [5, 5.41) is 4.06. The number of nitrogens with two attached hydrogens (primary N) is 2. The van der Waals surface area contributed by atoms with E-state index in [2.05, 4.69) is 20.8 Å².